The molecular weight excluding hydrogens is 302 g/mol. The maximum absolute atomic E-state index is 12.6. The predicted octanol–water partition coefficient (Wildman–Crippen LogP) is 3.10. The lowest BCUT2D eigenvalue weighted by Gasteiger charge is -2.48. The molecule has 4 heteroatoms. The number of carbonyl (C=O) groups excluding carboxylic acids is 1. The van der Waals surface area contributed by atoms with E-state index >= 15 is 0 Å². The van der Waals surface area contributed by atoms with Crippen LogP contribution in [0, 0.1) is 0 Å². The summed E-state index contributed by atoms with van der Waals surface area (Å²) >= 11 is 0. The van der Waals surface area contributed by atoms with Gasteiger partial charge < -0.3 is 9.84 Å². The minimum Gasteiger partial charge on any atom is -0.462 e. The molecule has 0 aromatic heterocycles. The summed E-state index contributed by atoms with van der Waals surface area (Å²) in [6.45, 7) is 3.18. The van der Waals surface area contributed by atoms with E-state index < -0.39 is 5.92 Å². The van der Waals surface area contributed by atoms with Crippen molar-refractivity contribution in [2.24, 2.45) is 0 Å². The zero-order valence-corrected chi connectivity index (χ0v) is 14.6. The standard InChI is InChI=1S/C20H29NO3/c1-2-11-21-16-9-6-10-17(21)13-18(12-16)24-20(23)19(14-22)15-7-4-3-5-8-15/h3-5,7-8,16-19,22H,2,6,9-14H2,1H3/t16-,17+,18?,19?. The zero-order chi connectivity index (χ0) is 16.9. The van der Waals surface area contributed by atoms with E-state index in [1.165, 1.54) is 25.7 Å². The van der Waals surface area contributed by atoms with Crippen molar-refractivity contribution in [1.82, 2.24) is 4.90 Å². The molecule has 0 radical (unpaired) electrons. The SMILES string of the molecule is CCCN1[C@@H]2CCC[C@H]1CC(OC(=O)C(CO)c1ccccc1)C2. The summed E-state index contributed by atoms with van der Waals surface area (Å²) < 4.78 is 5.84. The summed E-state index contributed by atoms with van der Waals surface area (Å²) in [6.07, 6.45) is 6.78. The van der Waals surface area contributed by atoms with E-state index in [1.54, 1.807) is 0 Å². The summed E-state index contributed by atoms with van der Waals surface area (Å²) in [7, 11) is 0. The molecule has 132 valence electrons. The fourth-order valence-electron chi connectivity index (χ4n) is 4.40. The highest BCUT2D eigenvalue weighted by atomic mass is 16.5. The van der Waals surface area contributed by atoms with Gasteiger partial charge in [0.25, 0.3) is 0 Å². The van der Waals surface area contributed by atoms with Crippen molar-refractivity contribution in [2.45, 2.75) is 69.6 Å². The van der Waals surface area contributed by atoms with Gasteiger partial charge in [0, 0.05) is 24.9 Å². The largest absolute Gasteiger partial charge is 0.462 e. The van der Waals surface area contributed by atoms with Gasteiger partial charge in [-0.25, -0.2) is 0 Å². The van der Waals surface area contributed by atoms with Crippen molar-refractivity contribution in [3.8, 4) is 0 Å². The molecule has 2 aliphatic heterocycles. The van der Waals surface area contributed by atoms with Crippen molar-refractivity contribution in [3.05, 3.63) is 35.9 Å². The summed E-state index contributed by atoms with van der Waals surface area (Å²) in [5, 5.41) is 9.64. The fourth-order valence-corrected chi connectivity index (χ4v) is 4.40. The van der Waals surface area contributed by atoms with Crippen LogP contribution < -0.4 is 0 Å². The average Bonchev–Trinajstić information content (AvgIpc) is 2.57. The van der Waals surface area contributed by atoms with Gasteiger partial charge in [-0.15, -0.1) is 0 Å². The third-order valence-corrected chi connectivity index (χ3v) is 5.52. The van der Waals surface area contributed by atoms with Crippen LogP contribution in [0.15, 0.2) is 30.3 Å². The lowest BCUT2D eigenvalue weighted by Crippen LogP contribution is -2.54. The molecule has 3 rings (SSSR count). The first kappa shape index (κ1) is 17.4. The van der Waals surface area contributed by atoms with Gasteiger partial charge in [-0.2, -0.15) is 0 Å². The number of piperidine rings is 2. The summed E-state index contributed by atoms with van der Waals surface area (Å²) in [5.74, 6) is -0.851. The molecule has 24 heavy (non-hydrogen) atoms. The molecule has 1 aromatic carbocycles. The Balaban J connectivity index is 1.63. The van der Waals surface area contributed by atoms with Crippen LogP contribution >= 0.6 is 0 Å². The van der Waals surface area contributed by atoms with E-state index in [0.29, 0.717) is 12.1 Å². The molecule has 4 nitrogen and oxygen atoms in total. The molecule has 1 aromatic rings. The number of rotatable bonds is 6. The molecule has 2 unspecified atom stereocenters. The highest BCUT2D eigenvalue weighted by Crippen LogP contribution is 2.35. The van der Waals surface area contributed by atoms with Gasteiger partial charge in [0.2, 0.25) is 0 Å². The number of hydrogen-bond donors (Lipinski definition) is 1. The topological polar surface area (TPSA) is 49.8 Å². The van der Waals surface area contributed by atoms with Crippen LogP contribution in [0.25, 0.3) is 0 Å². The molecule has 2 aliphatic rings. The minimum absolute atomic E-state index is 0.00123. The maximum Gasteiger partial charge on any atom is 0.316 e. The van der Waals surface area contributed by atoms with Crippen LogP contribution in [0.5, 0.6) is 0 Å². The molecule has 2 fully saturated rings. The molecular formula is C20H29NO3. The second kappa shape index (κ2) is 8.13. The van der Waals surface area contributed by atoms with Gasteiger partial charge in [-0.3, -0.25) is 9.69 Å². The highest BCUT2D eigenvalue weighted by molar-refractivity contribution is 5.78. The van der Waals surface area contributed by atoms with Gasteiger partial charge in [0.15, 0.2) is 0 Å². The van der Waals surface area contributed by atoms with Crippen LogP contribution in [-0.2, 0) is 9.53 Å². The average molecular weight is 331 g/mol. The smallest absolute Gasteiger partial charge is 0.316 e. The zero-order valence-electron chi connectivity index (χ0n) is 14.6. The van der Waals surface area contributed by atoms with Crippen LogP contribution in [-0.4, -0.2) is 47.3 Å². The van der Waals surface area contributed by atoms with Crippen molar-refractivity contribution in [3.63, 3.8) is 0 Å². The monoisotopic (exact) mass is 331 g/mol. The van der Waals surface area contributed by atoms with E-state index in [2.05, 4.69) is 11.8 Å². The van der Waals surface area contributed by atoms with Crippen molar-refractivity contribution >= 4 is 5.97 Å². The van der Waals surface area contributed by atoms with Gasteiger partial charge in [0.05, 0.1) is 6.61 Å². The lowest BCUT2D eigenvalue weighted by atomic mass is 9.82. The number of ether oxygens (including phenoxy) is 1. The Kier molecular flexibility index (Phi) is 5.90. The Labute approximate surface area is 144 Å². The molecule has 2 bridgehead atoms. The van der Waals surface area contributed by atoms with Crippen LogP contribution in [0.1, 0.15) is 56.9 Å². The number of hydrogen-bond acceptors (Lipinski definition) is 4. The number of carbonyl (C=O) groups is 1. The van der Waals surface area contributed by atoms with Crippen LogP contribution in [0.3, 0.4) is 0 Å². The first-order valence-corrected chi connectivity index (χ1v) is 9.35. The summed E-state index contributed by atoms with van der Waals surface area (Å²) in [6, 6.07) is 10.5. The van der Waals surface area contributed by atoms with E-state index in [4.69, 9.17) is 4.74 Å². The van der Waals surface area contributed by atoms with Gasteiger partial charge in [-0.05, 0) is 31.4 Å². The van der Waals surface area contributed by atoms with Gasteiger partial charge >= 0.3 is 5.97 Å². The number of benzene rings is 1. The lowest BCUT2D eigenvalue weighted by molar-refractivity contribution is -0.158. The van der Waals surface area contributed by atoms with Crippen LogP contribution in [0.4, 0.5) is 0 Å². The highest BCUT2D eigenvalue weighted by Gasteiger charge is 2.39. The van der Waals surface area contributed by atoms with Gasteiger partial charge in [-0.1, -0.05) is 43.7 Å². The van der Waals surface area contributed by atoms with E-state index in [9.17, 15) is 9.90 Å². The number of nitrogens with zero attached hydrogens (tertiary/aromatic N) is 1. The molecule has 4 atom stereocenters. The van der Waals surface area contributed by atoms with Crippen molar-refractivity contribution in [2.75, 3.05) is 13.2 Å². The molecule has 2 heterocycles. The number of esters is 1. The Morgan fingerprint density at radius 1 is 1.25 bits per heavy atom. The molecule has 0 aliphatic carbocycles. The molecule has 2 saturated heterocycles. The van der Waals surface area contributed by atoms with Crippen molar-refractivity contribution in [1.29, 1.82) is 0 Å². The maximum atomic E-state index is 12.6. The van der Waals surface area contributed by atoms with Crippen LogP contribution in [0.2, 0.25) is 0 Å². The van der Waals surface area contributed by atoms with Gasteiger partial charge in [0.1, 0.15) is 12.0 Å². The molecule has 0 spiro atoms. The quantitative estimate of drug-likeness (QED) is 0.814. The fraction of sp³-hybridized carbons (Fsp3) is 0.650. The van der Waals surface area contributed by atoms with E-state index in [-0.39, 0.29) is 18.7 Å². The Bertz CT molecular complexity index is 519. The van der Waals surface area contributed by atoms with E-state index in [1.807, 2.05) is 30.3 Å². The number of aliphatic hydroxyl groups excluding tert-OH is 1. The summed E-state index contributed by atoms with van der Waals surface area (Å²) in [4.78, 5) is 15.2. The third-order valence-electron chi connectivity index (χ3n) is 5.52. The van der Waals surface area contributed by atoms with E-state index in [0.717, 1.165) is 24.9 Å². The van der Waals surface area contributed by atoms with Crippen molar-refractivity contribution < 1.29 is 14.6 Å². The Morgan fingerprint density at radius 2 is 1.92 bits per heavy atom. The Hall–Kier alpha value is -1.39. The first-order valence-electron chi connectivity index (χ1n) is 9.35. The molecule has 0 amide bonds. The Morgan fingerprint density at radius 3 is 2.50 bits per heavy atom. The normalized spacial score (nSPS) is 28.3. The second-order valence-electron chi connectivity index (χ2n) is 7.15. The third kappa shape index (κ3) is 3.81. The molecule has 1 N–H and O–H groups in total. The minimum atomic E-state index is -0.570. The summed E-state index contributed by atoms with van der Waals surface area (Å²) in [5.41, 5.74) is 0.827. The molecule has 0 saturated carbocycles. The first-order chi connectivity index (χ1) is 11.7. The predicted molar refractivity (Wildman–Crippen MR) is 93.8 cm³/mol. The second-order valence-corrected chi connectivity index (χ2v) is 7.15. The number of fused-ring (bicyclic) bond motifs is 2. The number of aliphatic hydroxyl groups is 1.